The van der Waals surface area contributed by atoms with Crippen LogP contribution in [-0.4, -0.2) is 36.2 Å². The number of nitrogen functional groups attached to an aromatic ring is 1. The van der Waals surface area contributed by atoms with E-state index >= 15 is 0 Å². The highest BCUT2D eigenvalue weighted by molar-refractivity contribution is 5.70. The molecule has 1 aliphatic heterocycles. The predicted octanol–water partition coefficient (Wildman–Crippen LogP) is 1.10. The van der Waals surface area contributed by atoms with Crippen molar-refractivity contribution in [2.24, 2.45) is 11.8 Å². The SMILES string of the molecule is COc1ccc(N(N)c2nc(NC3CNCC3C)ncc2N)cc1. The van der Waals surface area contributed by atoms with Gasteiger partial charge in [0.05, 0.1) is 24.7 Å². The molecule has 2 heterocycles. The first-order chi connectivity index (χ1) is 11.6. The monoisotopic (exact) mass is 329 g/mol. The first kappa shape index (κ1) is 16.3. The van der Waals surface area contributed by atoms with Crippen LogP contribution < -0.4 is 32.0 Å². The number of hydrazine groups is 1. The summed E-state index contributed by atoms with van der Waals surface area (Å²) in [4.78, 5) is 8.75. The maximum absolute atomic E-state index is 6.20. The average Bonchev–Trinajstić information content (AvgIpc) is 3.01. The molecule has 3 rings (SSSR count). The first-order valence-corrected chi connectivity index (χ1v) is 7.87. The van der Waals surface area contributed by atoms with Gasteiger partial charge in [-0.05, 0) is 36.7 Å². The Hall–Kier alpha value is -2.58. The largest absolute Gasteiger partial charge is 0.497 e. The van der Waals surface area contributed by atoms with Crippen LogP contribution in [0.4, 0.5) is 23.1 Å². The molecule has 6 N–H and O–H groups in total. The minimum absolute atomic E-state index is 0.286. The minimum Gasteiger partial charge on any atom is -0.497 e. The lowest BCUT2D eigenvalue weighted by Crippen LogP contribution is -2.30. The Balaban J connectivity index is 1.81. The summed E-state index contributed by atoms with van der Waals surface area (Å²) < 4.78 is 5.16. The van der Waals surface area contributed by atoms with Gasteiger partial charge in [0, 0.05) is 12.6 Å². The average molecular weight is 329 g/mol. The Kier molecular flexibility index (Phi) is 4.68. The Bertz CT molecular complexity index is 691. The molecule has 128 valence electrons. The van der Waals surface area contributed by atoms with E-state index < -0.39 is 0 Å². The molecule has 0 amide bonds. The second-order valence-corrected chi connectivity index (χ2v) is 5.93. The van der Waals surface area contributed by atoms with Crippen LogP contribution in [0, 0.1) is 5.92 Å². The number of methoxy groups -OCH3 is 1. The molecule has 0 spiro atoms. The van der Waals surface area contributed by atoms with Gasteiger partial charge in [0.1, 0.15) is 5.75 Å². The van der Waals surface area contributed by atoms with Crippen LogP contribution in [0.5, 0.6) is 5.75 Å². The van der Waals surface area contributed by atoms with Crippen LogP contribution in [0.25, 0.3) is 0 Å². The number of aromatic nitrogens is 2. The molecule has 0 aliphatic carbocycles. The Labute approximate surface area is 141 Å². The van der Waals surface area contributed by atoms with E-state index in [9.17, 15) is 0 Å². The second-order valence-electron chi connectivity index (χ2n) is 5.93. The van der Waals surface area contributed by atoms with Crippen LogP contribution in [0.15, 0.2) is 30.5 Å². The highest BCUT2D eigenvalue weighted by atomic mass is 16.5. The molecule has 1 aliphatic rings. The van der Waals surface area contributed by atoms with Gasteiger partial charge in [0.15, 0.2) is 5.82 Å². The summed E-state index contributed by atoms with van der Waals surface area (Å²) in [6.45, 7) is 4.05. The van der Waals surface area contributed by atoms with Crippen molar-refractivity contribution in [3.63, 3.8) is 0 Å². The van der Waals surface area contributed by atoms with Gasteiger partial charge < -0.3 is 21.1 Å². The van der Waals surface area contributed by atoms with Crippen molar-refractivity contribution >= 4 is 23.1 Å². The van der Waals surface area contributed by atoms with Gasteiger partial charge >= 0.3 is 0 Å². The fourth-order valence-corrected chi connectivity index (χ4v) is 2.68. The van der Waals surface area contributed by atoms with E-state index in [0.717, 1.165) is 24.5 Å². The number of nitrogens with two attached hydrogens (primary N) is 2. The van der Waals surface area contributed by atoms with E-state index in [1.165, 1.54) is 5.01 Å². The number of nitrogens with one attached hydrogen (secondary N) is 2. The molecule has 8 nitrogen and oxygen atoms in total. The molecule has 2 unspecified atom stereocenters. The molecular weight excluding hydrogens is 306 g/mol. The molecule has 0 radical (unpaired) electrons. The van der Waals surface area contributed by atoms with Gasteiger partial charge in [0.25, 0.3) is 0 Å². The quantitative estimate of drug-likeness (QED) is 0.476. The van der Waals surface area contributed by atoms with Gasteiger partial charge in [0.2, 0.25) is 5.95 Å². The van der Waals surface area contributed by atoms with Crippen molar-refractivity contribution in [1.29, 1.82) is 0 Å². The maximum Gasteiger partial charge on any atom is 0.225 e. The van der Waals surface area contributed by atoms with Crippen molar-refractivity contribution < 1.29 is 4.74 Å². The van der Waals surface area contributed by atoms with E-state index in [-0.39, 0.29) is 6.04 Å². The molecule has 1 fully saturated rings. The van der Waals surface area contributed by atoms with Gasteiger partial charge in [-0.2, -0.15) is 4.98 Å². The van der Waals surface area contributed by atoms with Crippen LogP contribution in [-0.2, 0) is 0 Å². The minimum atomic E-state index is 0.286. The molecule has 8 heteroatoms. The number of rotatable bonds is 5. The molecular formula is C16H23N7O. The van der Waals surface area contributed by atoms with Crippen LogP contribution in [0.2, 0.25) is 0 Å². The molecule has 24 heavy (non-hydrogen) atoms. The zero-order chi connectivity index (χ0) is 17.1. The molecule has 1 aromatic carbocycles. The number of hydrogen-bond acceptors (Lipinski definition) is 8. The Morgan fingerprint density at radius 2 is 2.04 bits per heavy atom. The van der Waals surface area contributed by atoms with Gasteiger partial charge in [-0.3, -0.25) is 5.01 Å². The zero-order valence-corrected chi connectivity index (χ0v) is 13.9. The number of nitrogens with zero attached hydrogens (tertiary/aromatic N) is 3. The predicted molar refractivity (Wildman–Crippen MR) is 95.2 cm³/mol. The third-order valence-corrected chi connectivity index (χ3v) is 4.21. The highest BCUT2D eigenvalue weighted by Crippen LogP contribution is 2.27. The molecule has 1 aromatic heterocycles. The summed E-state index contributed by atoms with van der Waals surface area (Å²) in [5.74, 6) is 8.43. The summed E-state index contributed by atoms with van der Waals surface area (Å²) in [5, 5.41) is 8.12. The summed E-state index contributed by atoms with van der Waals surface area (Å²) in [7, 11) is 1.62. The smallest absolute Gasteiger partial charge is 0.225 e. The summed E-state index contributed by atoms with van der Waals surface area (Å²) in [5.41, 5.74) is 7.17. The van der Waals surface area contributed by atoms with E-state index in [1.807, 2.05) is 24.3 Å². The maximum atomic E-state index is 6.20. The van der Waals surface area contributed by atoms with Crippen molar-refractivity contribution in [3.8, 4) is 5.75 Å². The van der Waals surface area contributed by atoms with Gasteiger partial charge in [-0.15, -0.1) is 0 Å². The van der Waals surface area contributed by atoms with Crippen LogP contribution >= 0.6 is 0 Å². The summed E-state index contributed by atoms with van der Waals surface area (Å²) in [6, 6.07) is 7.64. The molecule has 2 atom stereocenters. The summed E-state index contributed by atoms with van der Waals surface area (Å²) in [6.07, 6.45) is 1.57. The van der Waals surface area contributed by atoms with Crippen molar-refractivity contribution in [2.45, 2.75) is 13.0 Å². The number of hydrogen-bond donors (Lipinski definition) is 4. The lowest BCUT2D eigenvalue weighted by molar-refractivity contribution is 0.415. The molecule has 1 saturated heterocycles. The van der Waals surface area contributed by atoms with Gasteiger partial charge in [-0.25, -0.2) is 10.8 Å². The third kappa shape index (κ3) is 3.34. The first-order valence-electron chi connectivity index (χ1n) is 7.87. The van der Waals surface area contributed by atoms with Gasteiger partial charge in [-0.1, -0.05) is 6.92 Å². The van der Waals surface area contributed by atoms with Crippen molar-refractivity contribution in [3.05, 3.63) is 30.5 Å². The number of anilines is 4. The van der Waals surface area contributed by atoms with E-state index in [2.05, 4.69) is 27.5 Å². The zero-order valence-electron chi connectivity index (χ0n) is 13.9. The topological polar surface area (TPSA) is 114 Å². The highest BCUT2D eigenvalue weighted by Gasteiger charge is 2.24. The van der Waals surface area contributed by atoms with Crippen LogP contribution in [0.1, 0.15) is 6.92 Å². The standard InChI is InChI=1S/C16H23N7O/c1-10-7-19-9-14(10)21-16-20-8-13(17)15(22-16)23(18)11-3-5-12(24-2)6-4-11/h3-6,8,10,14,19H,7,9,17-18H2,1-2H3,(H,20,21,22). The van der Waals surface area contributed by atoms with E-state index in [0.29, 0.717) is 23.4 Å². The lowest BCUT2D eigenvalue weighted by Gasteiger charge is -2.21. The van der Waals surface area contributed by atoms with Crippen LogP contribution in [0.3, 0.4) is 0 Å². The Morgan fingerprint density at radius 3 is 2.67 bits per heavy atom. The fraction of sp³-hybridized carbons (Fsp3) is 0.375. The summed E-state index contributed by atoms with van der Waals surface area (Å²) >= 11 is 0. The fourth-order valence-electron chi connectivity index (χ4n) is 2.68. The number of benzene rings is 1. The third-order valence-electron chi connectivity index (χ3n) is 4.21. The van der Waals surface area contributed by atoms with E-state index in [4.69, 9.17) is 16.3 Å². The van der Waals surface area contributed by atoms with E-state index in [1.54, 1.807) is 13.3 Å². The molecule has 0 bridgehead atoms. The lowest BCUT2D eigenvalue weighted by atomic mass is 10.1. The second kappa shape index (κ2) is 6.90. The molecule has 0 saturated carbocycles. The molecule has 2 aromatic rings. The van der Waals surface area contributed by atoms with Crippen molar-refractivity contribution in [1.82, 2.24) is 15.3 Å². The normalized spacial score (nSPS) is 20.0. The van der Waals surface area contributed by atoms with Crippen molar-refractivity contribution in [2.75, 3.05) is 36.3 Å². The number of ether oxygens (including phenoxy) is 1. The Morgan fingerprint density at radius 1 is 1.29 bits per heavy atom.